The maximum absolute atomic E-state index is 12.3. The Balaban J connectivity index is 1.77. The monoisotopic (exact) mass is 381 g/mol. The van der Waals surface area contributed by atoms with Crippen LogP contribution in [-0.4, -0.2) is 47.3 Å². The molecule has 1 saturated heterocycles. The van der Waals surface area contributed by atoms with Crippen LogP contribution in [0.3, 0.4) is 0 Å². The molecule has 0 unspecified atom stereocenters. The van der Waals surface area contributed by atoms with Crippen molar-refractivity contribution >= 4 is 27.8 Å². The van der Waals surface area contributed by atoms with Crippen molar-refractivity contribution in [3.63, 3.8) is 0 Å². The smallest absolute Gasteiger partial charge is 0.410 e. The summed E-state index contributed by atoms with van der Waals surface area (Å²) in [6.45, 7) is 7.16. The first kappa shape index (κ1) is 16.6. The fourth-order valence-corrected chi connectivity index (χ4v) is 3.91. The molecule has 3 heterocycles. The lowest BCUT2D eigenvalue weighted by molar-refractivity contribution is 0.0283. The van der Waals surface area contributed by atoms with E-state index >= 15 is 0 Å². The zero-order chi connectivity index (χ0) is 16.8. The van der Waals surface area contributed by atoms with Crippen molar-refractivity contribution < 1.29 is 9.53 Å². The third kappa shape index (κ3) is 3.18. The Hall–Kier alpha value is -1.30. The summed E-state index contributed by atoms with van der Waals surface area (Å²) in [4.78, 5) is 21.0. The molecule has 2 aliphatic rings. The number of anilines is 1. The number of rotatable bonds is 0. The zero-order valence-electron chi connectivity index (χ0n) is 14.2. The van der Waals surface area contributed by atoms with E-state index in [9.17, 15) is 4.79 Å². The van der Waals surface area contributed by atoms with E-state index in [1.807, 2.05) is 31.9 Å². The first-order chi connectivity index (χ1) is 10.7. The topological polar surface area (TPSA) is 45.7 Å². The molecule has 1 atom stereocenters. The Labute approximate surface area is 146 Å². The van der Waals surface area contributed by atoms with Crippen LogP contribution in [0.5, 0.6) is 0 Å². The van der Waals surface area contributed by atoms with Crippen molar-refractivity contribution in [1.29, 1.82) is 0 Å². The van der Waals surface area contributed by atoms with Gasteiger partial charge in [-0.15, -0.1) is 0 Å². The van der Waals surface area contributed by atoms with Gasteiger partial charge in [0.1, 0.15) is 11.4 Å². The summed E-state index contributed by atoms with van der Waals surface area (Å²) in [5, 5.41) is 0. The summed E-state index contributed by atoms with van der Waals surface area (Å²) in [6, 6.07) is 2.15. The second-order valence-corrected chi connectivity index (χ2v) is 8.49. The molecule has 126 valence electrons. The number of halogens is 1. The SMILES string of the molecule is CN1c2ncc(Br)cc2CC[C@@]12CCN(C(=O)OC(C)(C)C)C2. The number of aromatic nitrogens is 1. The number of hydrogen-bond acceptors (Lipinski definition) is 4. The molecule has 1 aromatic rings. The van der Waals surface area contributed by atoms with Crippen LogP contribution >= 0.6 is 15.9 Å². The summed E-state index contributed by atoms with van der Waals surface area (Å²) < 4.78 is 6.54. The highest BCUT2D eigenvalue weighted by Gasteiger charge is 2.46. The lowest BCUT2D eigenvalue weighted by Gasteiger charge is -2.44. The third-order valence-corrected chi connectivity index (χ3v) is 5.22. The van der Waals surface area contributed by atoms with E-state index in [0.29, 0.717) is 6.54 Å². The van der Waals surface area contributed by atoms with Gasteiger partial charge < -0.3 is 14.5 Å². The molecule has 0 bridgehead atoms. The molecule has 0 saturated carbocycles. The van der Waals surface area contributed by atoms with E-state index in [4.69, 9.17) is 4.74 Å². The molecule has 0 N–H and O–H groups in total. The van der Waals surface area contributed by atoms with Crippen LogP contribution in [0.1, 0.15) is 39.2 Å². The van der Waals surface area contributed by atoms with Gasteiger partial charge in [-0.2, -0.15) is 0 Å². The average molecular weight is 382 g/mol. The molecule has 3 rings (SSSR count). The first-order valence-corrected chi connectivity index (χ1v) is 8.86. The Kier molecular flexibility index (Phi) is 4.07. The van der Waals surface area contributed by atoms with Gasteiger partial charge in [-0.05, 0) is 67.6 Å². The number of ether oxygens (including phenoxy) is 1. The van der Waals surface area contributed by atoms with Crippen LogP contribution in [0.4, 0.5) is 10.6 Å². The Bertz CT molecular complexity index is 629. The number of likely N-dealkylation sites (N-methyl/N-ethyl adjacent to an activating group) is 1. The normalized spacial score (nSPS) is 24.0. The summed E-state index contributed by atoms with van der Waals surface area (Å²) in [7, 11) is 2.09. The van der Waals surface area contributed by atoms with Crippen LogP contribution in [0.2, 0.25) is 0 Å². The Morgan fingerprint density at radius 2 is 2.13 bits per heavy atom. The number of aryl methyl sites for hydroxylation is 1. The quantitative estimate of drug-likeness (QED) is 0.688. The van der Waals surface area contributed by atoms with Crippen LogP contribution in [0.25, 0.3) is 0 Å². The Morgan fingerprint density at radius 1 is 1.39 bits per heavy atom. The van der Waals surface area contributed by atoms with E-state index < -0.39 is 5.60 Å². The summed E-state index contributed by atoms with van der Waals surface area (Å²) in [5.74, 6) is 1.03. The number of likely N-dealkylation sites (tertiary alicyclic amines) is 1. The molecule has 0 aliphatic carbocycles. The predicted octanol–water partition coefficient (Wildman–Crippen LogP) is 3.61. The predicted molar refractivity (Wildman–Crippen MR) is 93.8 cm³/mol. The number of fused-ring (bicyclic) bond motifs is 1. The zero-order valence-corrected chi connectivity index (χ0v) is 15.8. The van der Waals surface area contributed by atoms with Gasteiger partial charge in [-0.1, -0.05) is 0 Å². The van der Waals surface area contributed by atoms with Gasteiger partial charge in [0.05, 0.1) is 5.54 Å². The summed E-state index contributed by atoms with van der Waals surface area (Å²) >= 11 is 3.49. The highest BCUT2D eigenvalue weighted by Crippen LogP contribution is 2.41. The third-order valence-electron chi connectivity index (χ3n) is 4.78. The molecule has 5 nitrogen and oxygen atoms in total. The van der Waals surface area contributed by atoms with Crippen molar-refractivity contribution in [2.45, 2.75) is 51.2 Å². The number of carbonyl (C=O) groups is 1. The minimum absolute atomic E-state index is 0.0231. The number of hydrogen-bond donors (Lipinski definition) is 0. The van der Waals surface area contributed by atoms with Crippen LogP contribution in [0.15, 0.2) is 16.7 Å². The van der Waals surface area contributed by atoms with E-state index in [0.717, 1.165) is 36.1 Å². The van der Waals surface area contributed by atoms with E-state index in [1.165, 1.54) is 5.56 Å². The molecular formula is C17H24BrN3O2. The lowest BCUT2D eigenvalue weighted by atomic mass is 9.85. The minimum atomic E-state index is -0.453. The largest absolute Gasteiger partial charge is 0.444 e. The molecule has 2 aliphatic heterocycles. The lowest BCUT2D eigenvalue weighted by Crippen LogP contribution is -2.52. The van der Waals surface area contributed by atoms with Gasteiger partial charge in [0.2, 0.25) is 0 Å². The van der Waals surface area contributed by atoms with Gasteiger partial charge in [0, 0.05) is 30.8 Å². The van der Waals surface area contributed by atoms with Crippen LogP contribution in [0, 0.1) is 0 Å². The number of nitrogens with zero attached hydrogens (tertiary/aromatic N) is 3. The van der Waals surface area contributed by atoms with Crippen molar-refractivity contribution in [3.05, 3.63) is 22.3 Å². The van der Waals surface area contributed by atoms with Gasteiger partial charge in [0.25, 0.3) is 0 Å². The van der Waals surface area contributed by atoms with Crippen molar-refractivity contribution in [2.24, 2.45) is 0 Å². The number of carbonyl (C=O) groups excluding carboxylic acids is 1. The molecular weight excluding hydrogens is 358 g/mol. The highest BCUT2D eigenvalue weighted by molar-refractivity contribution is 9.10. The van der Waals surface area contributed by atoms with Crippen molar-refractivity contribution in [2.75, 3.05) is 25.0 Å². The molecule has 1 fully saturated rings. The summed E-state index contributed by atoms with van der Waals surface area (Å²) in [6.07, 6.45) is 4.62. The van der Waals surface area contributed by atoms with Crippen LogP contribution in [-0.2, 0) is 11.2 Å². The molecule has 0 radical (unpaired) electrons. The maximum Gasteiger partial charge on any atom is 0.410 e. The van der Waals surface area contributed by atoms with Gasteiger partial charge in [-0.25, -0.2) is 9.78 Å². The standard InChI is InChI=1S/C17H24BrN3O2/c1-16(2,3)23-15(22)21-8-7-17(11-21)6-5-12-9-13(18)10-19-14(12)20(17)4/h9-10H,5-8,11H2,1-4H3/t17-/m0/s1. The fraction of sp³-hybridized carbons (Fsp3) is 0.647. The number of amides is 1. The molecule has 1 amide bonds. The van der Waals surface area contributed by atoms with Crippen molar-refractivity contribution in [3.8, 4) is 0 Å². The van der Waals surface area contributed by atoms with Gasteiger partial charge >= 0.3 is 6.09 Å². The van der Waals surface area contributed by atoms with Gasteiger partial charge in [0.15, 0.2) is 0 Å². The van der Waals surface area contributed by atoms with E-state index in [1.54, 1.807) is 0 Å². The fourth-order valence-electron chi connectivity index (χ4n) is 3.54. The van der Waals surface area contributed by atoms with Gasteiger partial charge in [-0.3, -0.25) is 0 Å². The van der Waals surface area contributed by atoms with Crippen molar-refractivity contribution in [1.82, 2.24) is 9.88 Å². The van der Waals surface area contributed by atoms with E-state index in [-0.39, 0.29) is 11.6 Å². The van der Waals surface area contributed by atoms with Crippen LogP contribution < -0.4 is 4.90 Å². The Morgan fingerprint density at radius 3 is 2.83 bits per heavy atom. The van der Waals surface area contributed by atoms with E-state index in [2.05, 4.69) is 38.9 Å². The second kappa shape index (κ2) is 5.65. The summed E-state index contributed by atoms with van der Waals surface area (Å²) in [5.41, 5.74) is 0.791. The maximum atomic E-state index is 12.3. The highest BCUT2D eigenvalue weighted by atomic mass is 79.9. The average Bonchev–Trinajstić information content (AvgIpc) is 2.87. The molecule has 23 heavy (non-hydrogen) atoms. The molecule has 0 aromatic carbocycles. The molecule has 1 aromatic heterocycles. The second-order valence-electron chi connectivity index (χ2n) is 7.57. The first-order valence-electron chi connectivity index (χ1n) is 8.06. The molecule has 1 spiro atoms. The number of pyridine rings is 1. The minimum Gasteiger partial charge on any atom is -0.444 e. The molecule has 6 heteroatoms.